The van der Waals surface area contributed by atoms with Crippen LogP contribution in [-0.4, -0.2) is 21.6 Å². The minimum atomic E-state index is -0.926. The van der Waals surface area contributed by atoms with Crippen LogP contribution in [0.5, 0.6) is 5.75 Å². The van der Waals surface area contributed by atoms with Crippen molar-refractivity contribution in [2.24, 2.45) is 0 Å². The van der Waals surface area contributed by atoms with Crippen molar-refractivity contribution in [2.45, 2.75) is 40.0 Å². The molecule has 0 atom stereocenters. The lowest BCUT2D eigenvalue weighted by Gasteiger charge is -2.27. The number of aryl methyl sites for hydroxylation is 1. The zero-order valence-corrected chi connectivity index (χ0v) is 13.3. The first-order chi connectivity index (χ1) is 7.70. The summed E-state index contributed by atoms with van der Waals surface area (Å²) in [6.07, 6.45) is 0. The van der Waals surface area contributed by atoms with Crippen LogP contribution in [0.3, 0.4) is 0 Å². The van der Waals surface area contributed by atoms with Gasteiger partial charge in [-0.15, -0.1) is 0 Å². The lowest BCUT2D eigenvalue weighted by molar-refractivity contribution is 0.0694. The highest BCUT2D eigenvalue weighted by molar-refractivity contribution is 6.02. The fourth-order valence-electron chi connectivity index (χ4n) is 2.17. The van der Waals surface area contributed by atoms with Crippen LogP contribution in [0, 0.1) is 13.8 Å². The first kappa shape index (κ1) is 13.8. The molecule has 3 nitrogen and oxygen atoms in total. The molecule has 0 unspecified atom stereocenters. The number of carboxylic acid groups (broad SMARTS) is 1. The zero-order chi connectivity index (χ0) is 13.4. The van der Waals surface area contributed by atoms with Crippen LogP contribution in [0.25, 0.3) is 0 Å². The second kappa shape index (κ2) is 4.53. The highest BCUT2D eigenvalue weighted by atomic mass is 28.2. The van der Waals surface area contributed by atoms with Gasteiger partial charge in [-0.05, 0) is 36.5 Å². The van der Waals surface area contributed by atoms with Gasteiger partial charge in [0.15, 0.2) is 0 Å². The van der Waals surface area contributed by atoms with Gasteiger partial charge in [-0.2, -0.15) is 0 Å². The molecule has 0 aliphatic rings. The van der Waals surface area contributed by atoms with Crippen LogP contribution >= 0.6 is 0 Å². The third kappa shape index (κ3) is 2.52. The molecule has 0 amide bonds. The lowest BCUT2D eigenvalue weighted by atomic mass is 9.80. The van der Waals surface area contributed by atoms with E-state index in [0.29, 0.717) is 16.2 Å². The number of carboxylic acids is 1. The van der Waals surface area contributed by atoms with Crippen LogP contribution in [0.15, 0.2) is 6.07 Å². The fourth-order valence-corrected chi connectivity index (χ4v) is 2.59. The van der Waals surface area contributed by atoms with E-state index < -0.39 is 5.97 Å². The highest BCUT2D eigenvalue weighted by Crippen LogP contribution is 2.38. The van der Waals surface area contributed by atoms with E-state index in [4.69, 9.17) is 4.43 Å². The van der Waals surface area contributed by atoms with Crippen molar-refractivity contribution >= 4 is 16.5 Å². The fraction of sp³-hybridized carbons (Fsp3) is 0.462. The average Bonchev–Trinajstić information content (AvgIpc) is 2.18. The van der Waals surface area contributed by atoms with Crippen molar-refractivity contribution in [3.8, 4) is 5.75 Å². The van der Waals surface area contributed by atoms with Crippen molar-refractivity contribution in [3.05, 3.63) is 28.3 Å². The minimum Gasteiger partial charge on any atom is -0.552 e. The van der Waals surface area contributed by atoms with Gasteiger partial charge >= 0.3 is 5.97 Å². The molecule has 1 aromatic rings. The Morgan fingerprint density at radius 1 is 1.35 bits per heavy atom. The van der Waals surface area contributed by atoms with E-state index in [-0.39, 0.29) is 11.0 Å². The smallest absolute Gasteiger partial charge is 0.339 e. The Bertz CT molecular complexity index is 459. The summed E-state index contributed by atoms with van der Waals surface area (Å²) in [5, 5.41) is 9.24. The van der Waals surface area contributed by atoms with E-state index >= 15 is 0 Å². The van der Waals surface area contributed by atoms with Gasteiger partial charge in [0.25, 0.3) is 0 Å². The Kier molecular flexibility index (Phi) is 3.67. The Morgan fingerprint density at radius 2 is 1.88 bits per heavy atom. The molecule has 17 heavy (non-hydrogen) atoms. The van der Waals surface area contributed by atoms with Crippen LogP contribution < -0.4 is 4.43 Å². The van der Waals surface area contributed by atoms with Crippen molar-refractivity contribution in [2.75, 3.05) is 0 Å². The van der Waals surface area contributed by atoms with Gasteiger partial charge in [-0.1, -0.05) is 20.8 Å². The molecule has 1 N–H and O–H groups in total. The van der Waals surface area contributed by atoms with Crippen LogP contribution in [0.4, 0.5) is 0 Å². The number of benzene rings is 1. The first-order valence-electron chi connectivity index (χ1n) is 5.62. The Morgan fingerprint density at radius 3 is 2.24 bits per heavy atom. The van der Waals surface area contributed by atoms with Gasteiger partial charge in [-0.25, -0.2) is 4.79 Å². The summed E-state index contributed by atoms with van der Waals surface area (Å²) in [5.41, 5.74) is 3.26. The van der Waals surface area contributed by atoms with Crippen molar-refractivity contribution in [1.29, 1.82) is 0 Å². The molecule has 1 aromatic carbocycles. The normalized spacial score (nSPS) is 11.6. The maximum Gasteiger partial charge on any atom is 0.339 e. The molecule has 0 heterocycles. The van der Waals surface area contributed by atoms with Crippen LogP contribution in [0.2, 0.25) is 0 Å². The quantitative estimate of drug-likeness (QED) is 0.818. The van der Waals surface area contributed by atoms with E-state index in [1.54, 1.807) is 6.07 Å². The summed E-state index contributed by atoms with van der Waals surface area (Å²) < 4.78 is 5.46. The average molecular weight is 252 g/mol. The number of carbonyl (C=O) groups is 1. The van der Waals surface area contributed by atoms with Gasteiger partial charge < -0.3 is 9.53 Å². The highest BCUT2D eigenvalue weighted by Gasteiger charge is 2.26. The molecule has 4 heteroatoms. The summed E-state index contributed by atoms with van der Waals surface area (Å²) >= 11 is 0. The first-order valence-corrected chi connectivity index (χ1v) is 6.43. The minimum absolute atomic E-state index is 0.125. The topological polar surface area (TPSA) is 46.5 Å². The summed E-state index contributed by atoms with van der Waals surface area (Å²) in [5.74, 6) is -0.385. The predicted octanol–water partition coefficient (Wildman–Crippen LogP) is 1.96. The maximum absolute atomic E-state index is 11.3. The third-order valence-electron chi connectivity index (χ3n) is 2.98. The Hall–Kier alpha value is -1.29. The molecule has 0 aliphatic heterocycles. The molecule has 94 valence electrons. The van der Waals surface area contributed by atoms with Gasteiger partial charge in [0, 0.05) is 5.56 Å². The number of rotatable bonds is 2. The molecule has 0 saturated heterocycles. The van der Waals surface area contributed by atoms with Gasteiger partial charge in [-0.3, -0.25) is 0 Å². The number of hydrogen-bond acceptors (Lipinski definition) is 2. The number of aromatic carboxylic acids is 1. The van der Waals surface area contributed by atoms with E-state index in [0.717, 1.165) is 16.7 Å². The molecule has 0 bridgehead atoms. The maximum atomic E-state index is 11.3. The van der Waals surface area contributed by atoms with Crippen molar-refractivity contribution < 1.29 is 14.3 Å². The monoisotopic (exact) mass is 252 g/mol. The molecular weight excluding hydrogens is 232 g/mol. The Balaban J connectivity index is 3.72. The van der Waals surface area contributed by atoms with Crippen LogP contribution in [-0.2, 0) is 5.41 Å². The molecule has 0 aromatic heterocycles. The lowest BCUT2D eigenvalue weighted by Crippen LogP contribution is -2.18. The second-order valence-electron chi connectivity index (χ2n) is 5.33. The molecule has 0 radical (unpaired) electrons. The summed E-state index contributed by atoms with van der Waals surface area (Å²) in [4.78, 5) is 11.3. The van der Waals surface area contributed by atoms with Gasteiger partial charge in [0.2, 0.25) is 10.5 Å². The SMILES string of the molecule is Cc1cc(C(=O)O)c(O[SiH3])c(C(C)(C)C)c1C. The predicted molar refractivity (Wildman–Crippen MR) is 72.1 cm³/mol. The van der Waals surface area contributed by atoms with Crippen LogP contribution in [0.1, 0.15) is 47.8 Å². The molecule has 0 saturated carbocycles. The molecule has 0 spiro atoms. The second-order valence-corrected chi connectivity index (χ2v) is 5.74. The summed E-state index contributed by atoms with van der Waals surface area (Å²) in [6, 6.07) is 1.69. The van der Waals surface area contributed by atoms with Crippen molar-refractivity contribution in [1.82, 2.24) is 0 Å². The van der Waals surface area contributed by atoms with Gasteiger partial charge in [0.1, 0.15) is 11.3 Å². The third-order valence-corrected chi connectivity index (χ3v) is 3.39. The molecular formula is C13H20O3Si. The number of hydrogen-bond donors (Lipinski definition) is 1. The standard InChI is InChI=1S/C13H20O3Si/c1-7-6-9(12(14)15)11(16-17)10(8(7)2)13(3,4)5/h6H,1-5,17H3,(H,14,15). The van der Waals surface area contributed by atoms with E-state index in [9.17, 15) is 9.90 Å². The molecule has 0 fully saturated rings. The van der Waals surface area contributed by atoms with E-state index in [1.165, 1.54) is 0 Å². The molecule has 1 rings (SSSR count). The van der Waals surface area contributed by atoms with E-state index in [2.05, 4.69) is 20.8 Å². The van der Waals surface area contributed by atoms with Crippen molar-refractivity contribution in [3.63, 3.8) is 0 Å². The summed E-state index contributed by atoms with van der Waals surface area (Å²) in [7, 11) is 0.486. The Labute approximate surface area is 105 Å². The largest absolute Gasteiger partial charge is 0.552 e. The van der Waals surface area contributed by atoms with E-state index in [1.807, 2.05) is 13.8 Å². The zero-order valence-electron chi connectivity index (χ0n) is 11.3. The molecule has 0 aliphatic carbocycles. The van der Waals surface area contributed by atoms with Gasteiger partial charge in [0.05, 0.1) is 0 Å². The summed E-state index contributed by atoms with van der Waals surface area (Å²) in [6.45, 7) is 10.2.